The van der Waals surface area contributed by atoms with Gasteiger partial charge >= 0.3 is 0 Å². The van der Waals surface area contributed by atoms with Crippen molar-refractivity contribution < 1.29 is 4.74 Å². The molecule has 2 rings (SSSR count). The number of hydrogen-bond donors (Lipinski definition) is 1. The highest BCUT2D eigenvalue weighted by atomic mass is 127. The molecule has 0 amide bonds. The van der Waals surface area contributed by atoms with Gasteiger partial charge < -0.3 is 10.1 Å². The van der Waals surface area contributed by atoms with Gasteiger partial charge in [0.1, 0.15) is 0 Å². The molecule has 1 aromatic rings. The predicted octanol–water partition coefficient (Wildman–Crippen LogP) is 3.58. The van der Waals surface area contributed by atoms with Gasteiger partial charge in [-0.15, -0.1) is 0 Å². The third-order valence-corrected chi connectivity index (χ3v) is 3.70. The van der Waals surface area contributed by atoms with Gasteiger partial charge in [0.15, 0.2) is 0 Å². The van der Waals surface area contributed by atoms with Gasteiger partial charge in [0, 0.05) is 21.9 Å². The van der Waals surface area contributed by atoms with Crippen LogP contribution in [0.1, 0.15) is 25.3 Å². The van der Waals surface area contributed by atoms with Crippen molar-refractivity contribution in [3.05, 3.63) is 27.3 Å². The number of hydrogen-bond acceptors (Lipinski definition) is 2. The average molecular weight is 331 g/mol. The van der Waals surface area contributed by atoms with Crippen LogP contribution >= 0.6 is 22.6 Å². The van der Waals surface area contributed by atoms with E-state index in [0.29, 0.717) is 12.1 Å². The minimum Gasteiger partial charge on any atom is -0.382 e. The Bertz CT molecular complexity index is 367. The minimum absolute atomic E-state index is 0.385. The molecule has 0 radical (unpaired) electrons. The molecule has 0 spiro atoms. The number of rotatable bonds is 2. The molecule has 1 N–H and O–H groups in total. The molecule has 1 fully saturated rings. The Morgan fingerprint density at radius 3 is 2.94 bits per heavy atom. The van der Waals surface area contributed by atoms with Crippen molar-refractivity contribution in [3.63, 3.8) is 0 Å². The number of anilines is 1. The lowest BCUT2D eigenvalue weighted by Crippen LogP contribution is -2.32. The summed E-state index contributed by atoms with van der Waals surface area (Å²) in [5.41, 5.74) is 2.59. The largest absolute Gasteiger partial charge is 0.382 e. The third-order valence-electron chi connectivity index (χ3n) is 3.03. The molecule has 88 valence electrons. The summed E-state index contributed by atoms with van der Waals surface area (Å²) in [4.78, 5) is 0. The van der Waals surface area contributed by atoms with Gasteiger partial charge in [-0.3, -0.25) is 0 Å². The van der Waals surface area contributed by atoms with E-state index < -0.39 is 0 Å². The fraction of sp³-hybridized carbons (Fsp3) is 0.538. The van der Waals surface area contributed by atoms with Crippen LogP contribution in [0.5, 0.6) is 0 Å². The third kappa shape index (κ3) is 3.10. The molecule has 3 heteroatoms. The number of ether oxygens (including phenoxy) is 1. The van der Waals surface area contributed by atoms with Crippen molar-refractivity contribution in [2.24, 2.45) is 0 Å². The standard InChI is InChI=1S/C13H18INO/c1-9-7-11(14)3-4-13(9)15-12-5-6-16-10(2)8-12/h3-4,7,10,12,15H,5-6,8H2,1-2H3. The second-order valence-electron chi connectivity index (χ2n) is 4.51. The molecule has 0 bridgehead atoms. The smallest absolute Gasteiger partial charge is 0.0566 e. The van der Waals surface area contributed by atoms with E-state index in [0.717, 1.165) is 19.4 Å². The number of benzene rings is 1. The molecule has 2 nitrogen and oxygen atoms in total. The SMILES string of the molecule is Cc1cc(I)ccc1NC1CCOC(C)C1. The van der Waals surface area contributed by atoms with E-state index in [2.05, 4.69) is 60.0 Å². The van der Waals surface area contributed by atoms with E-state index in [1.807, 2.05) is 0 Å². The minimum atomic E-state index is 0.385. The molecule has 1 saturated heterocycles. The Kier molecular flexibility index (Phi) is 4.08. The lowest BCUT2D eigenvalue weighted by molar-refractivity contribution is 0.0232. The van der Waals surface area contributed by atoms with Gasteiger partial charge in [-0.05, 0) is 73.0 Å². The van der Waals surface area contributed by atoms with Crippen molar-refractivity contribution in [3.8, 4) is 0 Å². The van der Waals surface area contributed by atoms with Gasteiger partial charge in [-0.25, -0.2) is 0 Å². The summed E-state index contributed by atoms with van der Waals surface area (Å²) in [6.45, 7) is 5.18. The molecule has 1 aromatic carbocycles. The maximum Gasteiger partial charge on any atom is 0.0566 e. The fourth-order valence-electron chi connectivity index (χ4n) is 2.14. The second kappa shape index (κ2) is 5.36. The Hall–Kier alpha value is -0.290. The molecule has 1 aliphatic heterocycles. The first-order valence-corrected chi connectivity index (χ1v) is 6.87. The molecule has 0 saturated carbocycles. The highest BCUT2D eigenvalue weighted by Crippen LogP contribution is 2.22. The van der Waals surface area contributed by atoms with E-state index in [1.54, 1.807) is 0 Å². The average Bonchev–Trinajstić information content (AvgIpc) is 2.22. The molecule has 1 heterocycles. The number of halogens is 1. The van der Waals surface area contributed by atoms with Crippen LogP contribution in [0.25, 0.3) is 0 Å². The maximum atomic E-state index is 5.55. The first-order chi connectivity index (χ1) is 7.65. The first-order valence-electron chi connectivity index (χ1n) is 5.79. The van der Waals surface area contributed by atoms with Crippen LogP contribution in [0.2, 0.25) is 0 Å². The monoisotopic (exact) mass is 331 g/mol. The lowest BCUT2D eigenvalue weighted by Gasteiger charge is -2.29. The van der Waals surface area contributed by atoms with Gasteiger partial charge in [-0.2, -0.15) is 0 Å². The van der Waals surface area contributed by atoms with Crippen LogP contribution < -0.4 is 5.32 Å². The predicted molar refractivity (Wildman–Crippen MR) is 76.0 cm³/mol. The normalized spacial score (nSPS) is 25.4. The van der Waals surface area contributed by atoms with E-state index in [1.165, 1.54) is 14.8 Å². The Labute approximate surface area is 111 Å². The molecule has 2 unspecified atom stereocenters. The molecule has 0 aliphatic carbocycles. The van der Waals surface area contributed by atoms with Crippen LogP contribution in [0.4, 0.5) is 5.69 Å². The number of nitrogens with one attached hydrogen (secondary N) is 1. The Morgan fingerprint density at radius 1 is 1.44 bits per heavy atom. The van der Waals surface area contributed by atoms with Crippen LogP contribution in [-0.4, -0.2) is 18.8 Å². The molecule has 0 aromatic heterocycles. The zero-order chi connectivity index (χ0) is 11.5. The second-order valence-corrected chi connectivity index (χ2v) is 5.75. The summed E-state index contributed by atoms with van der Waals surface area (Å²) >= 11 is 2.35. The molecule has 16 heavy (non-hydrogen) atoms. The quantitative estimate of drug-likeness (QED) is 0.837. The summed E-state index contributed by atoms with van der Waals surface area (Å²) in [5.74, 6) is 0. The van der Waals surface area contributed by atoms with Crippen molar-refractivity contribution in [1.82, 2.24) is 0 Å². The van der Waals surface area contributed by atoms with Crippen LogP contribution in [-0.2, 0) is 4.74 Å². The molecule has 2 atom stereocenters. The summed E-state index contributed by atoms with van der Waals surface area (Å²) in [5, 5.41) is 3.62. The maximum absolute atomic E-state index is 5.55. The van der Waals surface area contributed by atoms with Crippen molar-refractivity contribution in [1.29, 1.82) is 0 Å². The zero-order valence-corrected chi connectivity index (χ0v) is 12.0. The van der Waals surface area contributed by atoms with Crippen LogP contribution in [0, 0.1) is 10.5 Å². The summed E-state index contributed by atoms with van der Waals surface area (Å²) < 4.78 is 6.85. The van der Waals surface area contributed by atoms with Crippen molar-refractivity contribution in [2.45, 2.75) is 38.8 Å². The van der Waals surface area contributed by atoms with Gasteiger partial charge in [0.2, 0.25) is 0 Å². The van der Waals surface area contributed by atoms with E-state index in [9.17, 15) is 0 Å². The first kappa shape index (κ1) is 12.2. The number of aryl methyl sites for hydroxylation is 1. The molecular formula is C13H18INO. The van der Waals surface area contributed by atoms with Crippen LogP contribution in [0.3, 0.4) is 0 Å². The summed E-state index contributed by atoms with van der Waals surface area (Å²) in [6, 6.07) is 7.10. The van der Waals surface area contributed by atoms with Crippen molar-refractivity contribution in [2.75, 3.05) is 11.9 Å². The van der Waals surface area contributed by atoms with Gasteiger partial charge in [0.05, 0.1) is 6.10 Å². The molecular weight excluding hydrogens is 313 g/mol. The van der Waals surface area contributed by atoms with E-state index in [4.69, 9.17) is 4.74 Å². The Morgan fingerprint density at radius 2 is 2.25 bits per heavy atom. The highest BCUT2D eigenvalue weighted by molar-refractivity contribution is 14.1. The van der Waals surface area contributed by atoms with Crippen LogP contribution in [0.15, 0.2) is 18.2 Å². The molecule has 1 aliphatic rings. The van der Waals surface area contributed by atoms with E-state index >= 15 is 0 Å². The summed E-state index contributed by atoms with van der Waals surface area (Å²) in [7, 11) is 0. The van der Waals surface area contributed by atoms with E-state index in [-0.39, 0.29) is 0 Å². The Balaban J connectivity index is 2.02. The lowest BCUT2D eigenvalue weighted by atomic mass is 10.0. The zero-order valence-electron chi connectivity index (χ0n) is 9.79. The van der Waals surface area contributed by atoms with Gasteiger partial charge in [0.25, 0.3) is 0 Å². The fourth-order valence-corrected chi connectivity index (χ4v) is 2.78. The highest BCUT2D eigenvalue weighted by Gasteiger charge is 2.19. The topological polar surface area (TPSA) is 21.3 Å². The van der Waals surface area contributed by atoms with Gasteiger partial charge in [-0.1, -0.05) is 0 Å². The summed E-state index contributed by atoms with van der Waals surface area (Å²) in [6.07, 6.45) is 2.59. The van der Waals surface area contributed by atoms with Crippen molar-refractivity contribution >= 4 is 28.3 Å².